The van der Waals surface area contributed by atoms with Crippen molar-refractivity contribution in [1.29, 1.82) is 0 Å². The summed E-state index contributed by atoms with van der Waals surface area (Å²) in [7, 11) is 3.49. The van der Waals surface area contributed by atoms with Gasteiger partial charge in [0, 0.05) is 63.5 Å². The average molecular weight is 562 g/mol. The fourth-order valence-electron chi connectivity index (χ4n) is 6.75. The van der Waals surface area contributed by atoms with Crippen molar-refractivity contribution >= 4 is 22.7 Å². The molecule has 2 aromatic heterocycles. The lowest BCUT2D eigenvalue weighted by Crippen LogP contribution is -2.50. The molecule has 1 N–H and O–H groups in total. The van der Waals surface area contributed by atoms with Crippen LogP contribution in [-0.2, 0) is 4.79 Å². The zero-order valence-electron chi connectivity index (χ0n) is 25.3. The predicted octanol–water partition coefficient (Wildman–Crippen LogP) is 5.54. The molecule has 3 aromatic rings. The summed E-state index contributed by atoms with van der Waals surface area (Å²) in [5, 5.41) is 3.97. The monoisotopic (exact) mass is 561 g/mol. The second kappa shape index (κ2) is 11.9. The van der Waals surface area contributed by atoms with Gasteiger partial charge in [-0.15, -0.1) is 0 Å². The number of aromatic nitrogens is 2. The average Bonchev–Trinajstić information content (AvgIpc) is 3.34. The molecule has 8 heteroatoms. The van der Waals surface area contributed by atoms with E-state index >= 15 is 0 Å². The normalized spacial score (nSPS) is 20.7. The standard InChI is InChI=1S/C33H44FN5O2/c1-20(2)37(6)33(41)27-13-26(34)11-12-29(27)39-19-28(31-21(3)14-36-15-30(31)39)22(4)25-17-38(18-25)16-23-7-9-24(10-8-23)32(40)35-5/h11-15,19-20,22-25H,7-10,16-18H2,1-6H3,(H,35,40)/t22-,23-,24-/m0/s1. The number of pyridine rings is 1. The number of rotatable bonds is 8. The highest BCUT2D eigenvalue weighted by molar-refractivity contribution is 5.99. The minimum absolute atomic E-state index is 0.00745. The Morgan fingerprint density at radius 2 is 1.83 bits per heavy atom. The van der Waals surface area contributed by atoms with Gasteiger partial charge in [0.2, 0.25) is 5.91 Å². The molecule has 0 radical (unpaired) electrons. The fraction of sp³-hybridized carbons (Fsp3) is 0.545. The summed E-state index contributed by atoms with van der Waals surface area (Å²) in [6.45, 7) is 11.5. The molecule has 7 nitrogen and oxygen atoms in total. The molecular formula is C33H44FN5O2. The number of benzene rings is 1. The van der Waals surface area contributed by atoms with Crippen LogP contribution in [0, 0.1) is 30.5 Å². The zero-order valence-corrected chi connectivity index (χ0v) is 25.3. The van der Waals surface area contributed by atoms with Crippen LogP contribution in [0.25, 0.3) is 16.6 Å². The molecule has 5 rings (SSSR count). The molecule has 1 aliphatic heterocycles. The number of hydrogen-bond acceptors (Lipinski definition) is 4. The van der Waals surface area contributed by atoms with Crippen molar-refractivity contribution in [3.8, 4) is 5.69 Å². The summed E-state index contributed by atoms with van der Waals surface area (Å²) in [6.07, 6.45) is 10.1. The number of amides is 2. The quantitative estimate of drug-likeness (QED) is 0.392. The van der Waals surface area contributed by atoms with Gasteiger partial charge in [0.05, 0.1) is 23.0 Å². The summed E-state index contributed by atoms with van der Waals surface area (Å²) in [4.78, 5) is 34.1. The molecule has 0 unspecified atom stereocenters. The number of fused-ring (bicyclic) bond motifs is 1. The number of carbonyl (C=O) groups is 2. The van der Waals surface area contributed by atoms with Crippen LogP contribution < -0.4 is 5.32 Å². The van der Waals surface area contributed by atoms with Crippen LogP contribution in [0.2, 0.25) is 0 Å². The Balaban J connectivity index is 1.36. The van der Waals surface area contributed by atoms with E-state index < -0.39 is 5.82 Å². The maximum atomic E-state index is 14.4. The van der Waals surface area contributed by atoms with Gasteiger partial charge in [-0.2, -0.15) is 0 Å². The van der Waals surface area contributed by atoms with Crippen LogP contribution in [0.5, 0.6) is 0 Å². The van der Waals surface area contributed by atoms with Crippen molar-refractivity contribution in [2.45, 2.75) is 65.3 Å². The van der Waals surface area contributed by atoms with Gasteiger partial charge < -0.3 is 19.7 Å². The third-order valence-corrected chi connectivity index (χ3v) is 9.64. The van der Waals surface area contributed by atoms with Crippen LogP contribution in [0.3, 0.4) is 0 Å². The van der Waals surface area contributed by atoms with E-state index in [2.05, 4.69) is 35.2 Å². The summed E-state index contributed by atoms with van der Waals surface area (Å²) in [5.74, 6) is 1.26. The SMILES string of the molecule is CNC(=O)[C@H]1CC[C@H](CN2CC([C@H](C)c3cn(-c4ccc(F)cc4C(=O)N(C)C(C)C)c4cncc(C)c34)C2)CC1. The molecule has 1 saturated carbocycles. The second-order valence-corrected chi connectivity index (χ2v) is 12.6. The number of nitrogens with one attached hydrogen (secondary N) is 1. The van der Waals surface area contributed by atoms with Crippen molar-refractivity contribution in [1.82, 2.24) is 24.7 Å². The molecule has 0 bridgehead atoms. The zero-order chi connectivity index (χ0) is 29.4. The summed E-state index contributed by atoms with van der Waals surface area (Å²) in [6, 6.07) is 4.47. The summed E-state index contributed by atoms with van der Waals surface area (Å²) in [5.41, 5.74) is 4.29. The Morgan fingerprint density at radius 3 is 2.49 bits per heavy atom. The number of halogens is 1. The molecule has 220 valence electrons. The molecule has 2 aliphatic rings. The third kappa shape index (κ3) is 5.76. The highest BCUT2D eigenvalue weighted by Gasteiger charge is 2.36. The smallest absolute Gasteiger partial charge is 0.256 e. The van der Waals surface area contributed by atoms with Crippen LogP contribution in [-0.4, -0.2) is 70.9 Å². The topological polar surface area (TPSA) is 70.5 Å². The molecule has 0 spiro atoms. The lowest BCUT2D eigenvalue weighted by Gasteiger charge is -2.45. The van der Waals surface area contributed by atoms with E-state index in [-0.39, 0.29) is 23.8 Å². The van der Waals surface area contributed by atoms with Crippen LogP contribution in [0.1, 0.15) is 73.9 Å². The molecule has 2 fully saturated rings. The van der Waals surface area contributed by atoms with Gasteiger partial charge in [0.15, 0.2) is 0 Å². The van der Waals surface area contributed by atoms with E-state index in [1.807, 2.05) is 30.8 Å². The molecule has 1 saturated heterocycles. The van der Waals surface area contributed by atoms with Gasteiger partial charge in [-0.3, -0.25) is 14.6 Å². The Bertz CT molecular complexity index is 1420. The first-order valence-corrected chi connectivity index (χ1v) is 15.1. The first kappa shape index (κ1) is 29.2. The Morgan fingerprint density at radius 1 is 1.12 bits per heavy atom. The van der Waals surface area contributed by atoms with Gasteiger partial charge in [0.1, 0.15) is 5.82 Å². The predicted molar refractivity (Wildman–Crippen MR) is 161 cm³/mol. The number of aryl methyl sites for hydroxylation is 1. The van der Waals surface area contributed by atoms with E-state index in [4.69, 9.17) is 0 Å². The number of nitrogens with zero attached hydrogens (tertiary/aromatic N) is 4. The third-order valence-electron chi connectivity index (χ3n) is 9.64. The maximum Gasteiger partial charge on any atom is 0.256 e. The van der Waals surface area contributed by atoms with Gasteiger partial charge >= 0.3 is 0 Å². The largest absolute Gasteiger partial charge is 0.359 e. The van der Waals surface area contributed by atoms with Gasteiger partial charge in [-0.1, -0.05) is 6.92 Å². The first-order valence-electron chi connectivity index (χ1n) is 15.1. The molecule has 3 heterocycles. The summed E-state index contributed by atoms with van der Waals surface area (Å²) < 4.78 is 16.5. The Kier molecular flexibility index (Phi) is 8.50. The van der Waals surface area contributed by atoms with Crippen molar-refractivity contribution in [3.63, 3.8) is 0 Å². The highest BCUT2D eigenvalue weighted by atomic mass is 19.1. The number of likely N-dealkylation sites (tertiary alicyclic amines) is 1. The van der Waals surface area contributed by atoms with E-state index in [1.165, 1.54) is 23.1 Å². The minimum atomic E-state index is -0.426. The van der Waals surface area contributed by atoms with Crippen LogP contribution in [0.4, 0.5) is 4.39 Å². The van der Waals surface area contributed by atoms with Gasteiger partial charge in [0.25, 0.3) is 5.91 Å². The van der Waals surface area contributed by atoms with Crippen LogP contribution in [0.15, 0.2) is 36.8 Å². The van der Waals surface area contributed by atoms with E-state index in [0.29, 0.717) is 29.0 Å². The van der Waals surface area contributed by atoms with E-state index in [9.17, 15) is 14.0 Å². The van der Waals surface area contributed by atoms with Crippen molar-refractivity contribution in [2.75, 3.05) is 33.7 Å². The lowest BCUT2D eigenvalue weighted by molar-refractivity contribution is -0.125. The van der Waals surface area contributed by atoms with Crippen molar-refractivity contribution in [2.24, 2.45) is 17.8 Å². The molecular weight excluding hydrogens is 517 g/mol. The second-order valence-electron chi connectivity index (χ2n) is 12.6. The molecule has 1 atom stereocenters. The first-order chi connectivity index (χ1) is 19.6. The van der Waals surface area contributed by atoms with E-state index in [0.717, 1.165) is 56.4 Å². The van der Waals surface area contributed by atoms with Crippen molar-refractivity contribution < 1.29 is 14.0 Å². The number of carbonyl (C=O) groups excluding carboxylic acids is 2. The lowest BCUT2D eigenvalue weighted by atomic mass is 9.78. The van der Waals surface area contributed by atoms with Gasteiger partial charge in [-0.25, -0.2) is 4.39 Å². The van der Waals surface area contributed by atoms with Crippen LogP contribution >= 0.6 is 0 Å². The molecule has 2 amide bonds. The Hall–Kier alpha value is -3.26. The fourth-order valence-corrected chi connectivity index (χ4v) is 6.75. The van der Waals surface area contributed by atoms with E-state index in [1.54, 1.807) is 25.1 Å². The molecule has 1 aliphatic carbocycles. The highest BCUT2D eigenvalue weighted by Crippen LogP contribution is 2.40. The molecule has 1 aromatic carbocycles. The summed E-state index contributed by atoms with van der Waals surface area (Å²) >= 11 is 0. The van der Waals surface area contributed by atoms with Crippen molar-refractivity contribution in [3.05, 3.63) is 59.3 Å². The maximum absolute atomic E-state index is 14.4. The molecule has 41 heavy (non-hydrogen) atoms. The van der Waals surface area contributed by atoms with Gasteiger partial charge in [-0.05, 0) is 93.5 Å². The number of hydrogen-bond donors (Lipinski definition) is 1. The Labute approximate surface area is 243 Å². The minimum Gasteiger partial charge on any atom is -0.359 e.